The number of benzene rings is 2. The lowest BCUT2D eigenvalue weighted by molar-refractivity contribution is 0.475. The molecule has 0 spiro atoms. The molecule has 0 saturated heterocycles. The number of imidazole rings is 1. The number of aromatic nitrogens is 2. The van der Waals surface area contributed by atoms with Gasteiger partial charge in [0.2, 0.25) is 0 Å². The zero-order chi connectivity index (χ0) is 17.4. The van der Waals surface area contributed by atoms with Gasteiger partial charge in [0.15, 0.2) is 0 Å². The molecular formula is C20H16ClN3O. The smallest absolute Gasteiger partial charge is 0.143 e. The fourth-order valence-electron chi connectivity index (χ4n) is 2.79. The van der Waals surface area contributed by atoms with E-state index in [9.17, 15) is 5.11 Å². The molecule has 2 aromatic carbocycles. The quantitative estimate of drug-likeness (QED) is 0.519. The number of pyridine rings is 1. The van der Waals surface area contributed by atoms with Crippen molar-refractivity contribution >= 4 is 28.8 Å². The maximum Gasteiger partial charge on any atom is 0.143 e. The highest BCUT2D eigenvalue weighted by Crippen LogP contribution is 2.32. The number of nitrogens with zero attached hydrogens (tertiary/aromatic N) is 2. The largest absolute Gasteiger partial charge is 0.508 e. The molecule has 0 amide bonds. The summed E-state index contributed by atoms with van der Waals surface area (Å²) in [5, 5.41) is 13.6. The van der Waals surface area contributed by atoms with Crippen LogP contribution in [0.2, 0.25) is 5.02 Å². The molecule has 4 aromatic rings. The number of hydrogen-bond donors (Lipinski definition) is 2. The maximum absolute atomic E-state index is 9.56. The minimum Gasteiger partial charge on any atom is -0.508 e. The van der Waals surface area contributed by atoms with Crippen LogP contribution >= 0.6 is 11.6 Å². The summed E-state index contributed by atoms with van der Waals surface area (Å²) in [5.41, 5.74) is 4.61. The molecule has 0 aliphatic heterocycles. The monoisotopic (exact) mass is 349 g/mol. The van der Waals surface area contributed by atoms with Gasteiger partial charge in [-0.2, -0.15) is 0 Å². The highest BCUT2D eigenvalue weighted by molar-refractivity contribution is 6.30. The van der Waals surface area contributed by atoms with E-state index >= 15 is 0 Å². The van der Waals surface area contributed by atoms with Crippen molar-refractivity contribution in [1.29, 1.82) is 0 Å². The second-order valence-electron chi connectivity index (χ2n) is 5.92. The van der Waals surface area contributed by atoms with Crippen LogP contribution < -0.4 is 5.32 Å². The average molecular weight is 350 g/mol. The van der Waals surface area contributed by atoms with Crippen LogP contribution in [-0.4, -0.2) is 14.5 Å². The van der Waals surface area contributed by atoms with Gasteiger partial charge >= 0.3 is 0 Å². The van der Waals surface area contributed by atoms with Gasteiger partial charge in [0.05, 0.1) is 0 Å². The van der Waals surface area contributed by atoms with Gasteiger partial charge < -0.3 is 10.4 Å². The van der Waals surface area contributed by atoms with E-state index in [-0.39, 0.29) is 5.75 Å². The number of anilines is 2. The number of aromatic hydroxyl groups is 1. The van der Waals surface area contributed by atoms with E-state index in [1.807, 2.05) is 66.1 Å². The molecule has 2 aromatic heterocycles. The number of phenols is 1. The lowest BCUT2D eigenvalue weighted by Crippen LogP contribution is -1.97. The summed E-state index contributed by atoms with van der Waals surface area (Å²) in [6.45, 7) is 2.04. The Kier molecular flexibility index (Phi) is 3.82. The van der Waals surface area contributed by atoms with Crippen molar-refractivity contribution < 1.29 is 5.11 Å². The normalized spacial score (nSPS) is 11.0. The number of aryl methyl sites for hydroxylation is 1. The van der Waals surface area contributed by atoms with Crippen molar-refractivity contribution in [2.75, 3.05) is 5.32 Å². The van der Waals surface area contributed by atoms with Crippen molar-refractivity contribution in [1.82, 2.24) is 9.38 Å². The molecule has 124 valence electrons. The molecule has 2 N–H and O–H groups in total. The first-order chi connectivity index (χ1) is 12.1. The third kappa shape index (κ3) is 3.04. The van der Waals surface area contributed by atoms with Crippen molar-refractivity contribution in [2.24, 2.45) is 0 Å². The van der Waals surface area contributed by atoms with Crippen LogP contribution in [0, 0.1) is 6.92 Å². The van der Waals surface area contributed by atoms with Crippen LogP contribution in [0.25, 0.3) is 16.9 Å². The fraction of sp³-hybridized carbons (Fsp3) is 0.0500. The Labute approximate surface area is 150 Å². The van der Waals surface area contributed by atoms with Gasteiger partial charge in [-0.05, 0) is 67.1 Å². The summed E-state index contributed by atoms with van der Waals surface area (Å²) in [5.74, 6) is 1.08. The van der Waals surface area contributed by atoms with Crippen molar-refractivity contribution in [3.63, 3.8) is 0 Å². The van der Waals surface area contributed by atoms with Gasteiger partial charge in [-0.1, -0.05) is 17.7 Å². The Bertz CT molecular complexity index is 1050. The topological polar surface area (TPSA) is 49.6 Å². The predicted molar refractivity (Wildman–Crippen MR) is 102 cm³/mol. The molecule has 4 nitrogen and oxygen atoms in total. The van der Waals surface area contributed by atoms with Gasteiger partial charge in [-0.3, -0.25) is 4.40 Å². The zero-order valence-corrected chi connectivity index (χ0v) is 14.3. The number of nitrogens with one attached hydrogen (secondary N) is 1. The molecule has 5 heteroatoms. The van der Waals surface area contributed by atoms with E-state index in [0.29, 0.717) is 5.02 Å². The van der Waals surface area contributed by atoms with Crippen molar-refractivity contribution in [2.45, 2.75) is 6.92 Å². The molecule has 4 rings (SSSR count). The molecule has 0 unspecified atom stereocenters. The highest BCUT2D eigenvalue weighted by Gasteiger charge is 2.14. The Balaban J connectivity index is 1.90. The van der Waals surface area contributed by atoms with Gasteiger partial charge in [0, 0.05) is 22.5 Å². The number of phenolic OH excluding ortho intramolecular Hbond substituents is 1. The van der Waals surface area contributed by atoms with Crippen LogP contribution in [0.3, 0.4) is 0 Å². The summed E-state index contributed by atoms with van der Waals surface area (Å²) in [4.78, 5) is 4.78. The lowest BCUT2D eigenvalue weighted by atomic mass is 10.1. The summed E-state index contributed by atoms with van der Waals surface area (Å²) >= 11 is 6.11. The average Bonchev–Trinajstić information content (AvgIpc) is 2.93. The number of fused-ring (bicyclic) bond motifs is 1. The molecular weight excluding hydrogens is 334 g/mol. The molecule has 0 fully saturated rings. The number of rotatable bonds is 3. The number of hydrogen-bond acceptors (Lipinski definition) is 3. The van der Waals surface area contributed by atoms with Crippen LogP contribution in [-0.2, 0) is 0 Å². The second kappa shape index (κ2) is 6.15. The van der Waals surface area contributed by atoms with Gasteiger partial charge in [-0.25, -0.2) is 4.98 Å². The summed E-state index contributed by atoms with van der Waals surface area (Å²) in [6.07, 6.45) is 1.99. The Hall–Kier alpha value is -2.98. The molecule has 0 aliphatic rings. The van der Waals surface area contributed by atoms with E-state index in [4.69, 9.17) is 16.6 Å². The van der Waals surface area contributed by atoms with E-state index in [1.165, 1.54) is 0 Å². The predicted octanol–water partition coefficient (Wildman–Crippen LogP) is 5.41. The van der Waals surface area contributed by atoms with Crippen LogP contribution in [0.4, 0.5) is 11.5 Å². The first kappa shape index (κ1) is 15.5. The van der Waals surface area contributed by atoms with E-state index in [2.05, 4.69) is 5.32 Å². The summed E-state index contributed by atoms with van der Waals surface area (Å²) in [7, 11) is 0. The Morgan fingerprint density at radius 3 is 2.60 bits per heavy atom. The van der Waals surface area contributed by atoms with Crippen LogP contribution in [0.5, 0.6) is 5.75 Å². The molecule has 0 saturated carbocycles. The maximum atomic E-state index is 9.56. The van der Waals surface area contributed by atoms with Crippen LogP contribution in [0.15, 0.2) is 66.9 Å². The second-order valence-corrected chi connectivity index (χ2v) is 6.36. The first-order valence-electron chi connectivity index (χ1n) is 7.91. The Morgan fingerprint density at radius 2 is 1.84 bits per heavy atom. The molecule has 0 atom stereocenters. The Morgan fingerprint density at radius 1 is 1.04 bits per heavy atom. The SMILES string of the molecule is Cc1ccn2c(Nc3cccc(Cl)c3)c(-c3ccc(O)cc3)nc2c1. The third-order valence-electron chi connectivity index (χ3n) is 4.01. The summed E-state index contributed by atoms with van der Waals surface area (Å²) < 4.78 is 2.01. The fourth-order valence-corrected chi connectivity index (χ4v) is 2.98. The van der Waals surface area contributed by atoms with Crippen molar-refractivity contribution in [3.8, 4) is 17.0 Å². The molecule has 0 aliphatic carbocycles. The standard InChI is InChI=1S/C20H16ClN3O/c1-13-9-10-24-18(11-13)23-19(14-5-7-17(25)8-6-14)20(24)22-16-4-2-3-15(21)12-16/h2-12,22,25H,1H3. The molecule has 2 heterocycles. The molecule has 0 bridgehead atoms. The summed E-state index contributed by atoms with van der Waals surface area (Å²) in [6, 6.07) is 18.7. The van der Waals surface area contributed by atoms with Gasteiger partial charge in [0.25, 0.3) is 0 Å². The van der Waals surface area contributed by atoms with Gasteiger partial charge in [-0.15, -0.1) is 0 Å². The first-order valence-corrected chi connectivity index (χ1v) is 8.29. The van der Waals surface area contributed by atoms with E-state index in [0.717, 1.165) is 34.0 Å². The third-order valence-corrected chi connectivity index (χ3v) is 4.24. The lowest BCUT2D eigenvalue weighted by Gasteiger charge is -2.09. The van der Waals surface area contributed by atoms with Crippen LogP contribution in [0.1, 0.15) is 5.56 Å². The minimum atomic E-state index is 0.229. The molecule has 0 radical (unpaired) electrons. The van der Waals surface area contributed by atoms with E-state index in [1.54, 1.807) is 12.1 Å². The highest BCUT2D eigenvalue weighted by atomic mass is 35.5. The van der Waals surface area contributed by atoms with E-state index < -0.39 is 0 Å². The van der Waals surface area contributed by atoms with Gasteiger partial charge in [0.1, 0.15) is 22.9 Å². The zero-order valence-electron chi connectivity index (χ0n) is 13.6. The minimum absolute atomic E-state index is 0.229. The van der Waals surface area contributed by atoms with Crippen molar-refractivity contribution in [3.05, 3.63) is 77.4 Å². The molecule has 25 heavy (non-hydrogen) atoms. The number of halogens is 1.